The van der Waals surface area contributed by atoms with E-state index in [1.54, 1.807) is 18.3 Å². The molecule has 1 unspecified atom stereocenters. The molecule has 7 heteroatoms. The molecule has 0 radical (unpaired) electrons. The number of H-pyrrole nitrogens is 1. The monoisotopic (exact) mass is 297 g/mol. The van der Waals surface area contributed by atoms with Gasteiger partial charge < -0.3 is 4.98 Å². The van der Waals surface area contributed by atoms with Gasteiger partial charge in [0.25, 0.3) is 10.0 Å². The van der Waals surface area contributed by atoms with E-state index in [2.05, 4.69) is 14.7 Å². The van der Waals surface area contributed by atoms with Gasteiger partial charge in [0, 0.05) is 10.9 Å². The van der Waals surface area contributed by atoms with Crippen LogP contribution in [0.2, 0.25) is 0 Å². The second kappa shape index (κ2) is 4.73. The largest absolute Gasteiger partial charge is 0.332 e. The minimum atomic E-state index is -3.52. The third kappa shape index (κ3) is 2.45. The lowest BCUT2D eigenvalue weighted by molar-refractivity contribution is 0.509. The van der Waals surface area contributed by atoms with Gasteiger partial charge in [0.05, 0.1) is 6.20 Å². The van der Waals surface area contributed by atoms with Gasteiger partial charge in [-0.05, 0) is 43.2 Å². The fourth-order valence-electron chi connectivity index (χ4n) is 2.39. The lowest BCUT2D eigenvalue weighted by Crippen LogP contribution is -2.30. The summed E-state index contributed by atoms with van der Waals surface area (Å²) in [5.74, 6) is 0.597. The van der Waals surface area contributed by atoms with Gasteiger partial charge >= 0.3 is 0 Å². The Balaban J connectivity index is 1.87. The van der Waals surface area contributed by atoms with Crippen molar-refractivity contribution in [2.24, 2.45) is 0 Å². The first-order chi connectivity index (χ1) is 9.06. The predicted molar refractivity (Wildman–Crippen MR) is 73.6 cm³/mol. The number of hydrogen-bond donors (Lipinski definition) is 2. The molecule has 1 atom stereocenters. The van der Waals surface area contributed by atoms with E-state index in [9.17, 15) is 8.42 Å². The Bertz CT molecular complexity index is 687. The number of aromatic amines is 1. The van der Waals surface area contributed by atoms with Crippen LogP contribution in [0.5, 0.6) is 0 Å². The molecule has 2 N–H and O–H groups in total. The summed E-state index contributed by atoms with van der Waals surface area (Å²) >= 11 is 1.70. The van der Waals surface area contributed by atoms with Gasteiger partial charge in [-0.15, -0.1) is 11.3 Å². The standard InChI is InChI=1S/C12H15N3O2S2/c1-8-13-7-12(14-8)19(16,17)15-10-3-2-4-11-9(10)5-6-18-11/h5-7,10,15H,2-4H2,1H3,(H,13,14). The van der Waals surface area contributed by atoms with Crippen LogP contribution in [-0.4, -0.2) is 18.4 Å². The third-order valence-corrected chi connectivity index (χ3v) is 5.70. The van der Waals surface area contributed by atoms with E-state index in [0.717, 1.165) is 24.8 Å². The molecule has 2 heterocycles. The molecule has 5 nitrogen and oxygen atoms in total. The Kier molecular flexibility index (Phi) is 3.20. The van der Waals surface area contributed by atoms with E-state index in [4.69, 9.17) is 0 Å². The van der Waals surface area contributed by atoms with Crippen molar-refractivity contribution in [2.75, 3.05) is 0 Å². The SMILES string of the molecule is Cc1ncc(S(=O)(=O)NC2CCCc3sccc32)[nH]1. The van der Waals surface area contributed by atoms with Crippen LogP contribution in [0, 0.1) is 6.92 Å². The average Bonchev–Trinajstić information content (AvgIpc) is 2.97. The zero-order valence-electron chi connectivity index (χ0n) is 10.5. The summed E-state index contributed by atoms with van der Waals surface area (Å²) in [7, 11) is -3.52. The summed E-state index contributed by atoms with van der Waals surface area (Å²) in [6, 6.07) is 1.90. The molecule has 0 bridgehead atoms. The van der Waals surface area contributed by atoms with Crippen LogP contribution in [0.3, 0.4) is 0 Å². The van der Waals surface area contributed by atoms with Crippen LogP contribution in [-0.2, 0) is 16.4 Å². The zero-order valence-corrected chi connectivity index (χ0v) is 12.1. The number of nitrogens with zero attached hydrogens (tertiary/aromatic N) is 1. The molecule has 0 saturated carbocycles. The van der Waals surface area contributed by atoms with Crippen molar-refractivity contribution >= 4 is 21.4 Å². The van der Waals surface area contributed by atoms with Crippen LogP contribution in [0.15, 0.2) is 22.7 Å². The third-order valence-electron chi connectivity index (χ3n) is 3.32. The van der Waals surface area contributed by atoms with Crippen molar-refractivity contribution in [3.8, 4) is 0 Å². The summed E-state index contributed by atoms with van der Waals surface area (Å²) in [5.41, 5.74) is 1.12. The molecule has 0 spiro atoms. The van der Waals surface area contributed by atoms with Gasteiger partial charge in [0.2, 0.25) is 0 Å². The molecule has 1 aliphatic rings. The Morgan fingerprint density at radius 2 is 2.37 bits per heavy atom. The quantitative estimate of drug-likeness (QED) is 0.911. The molecular formula is C12H15N3O2S2. The average molecular weight is 297 g/mol. The predicted octanol–water partition coefficient (Wildman–Crippen LogP) is 2.14. The maximum atomic E-state index is 12.3. The molecule has 0 amide bonds. The first-order valence-electron chi connectivity index (χ1n) is 6.16. The highest BCUT2D eigenvalue weighted by Gasteiger charge is 2.27. The van der Waals surface area contributed by atoms with E-state index in [1.165, 1.54) is 11.1 Å². The summed E-state index contributed by atoms with van der Waals surface area (Å²) in [4.78, 5) is 7.99. The van der Waals surface area contributed by atoms with Crippen LogP contribution in [0.25, 0.3) is 0 Å². The van der Waals surface area contributed by atoms with E-state index in [-0.39, 0.29) is 11.1 Å². The molecule has 1 aliphatic carbocycles. The number of imidazole rings is 1. The van der Waals surface area contributed by atoms with Crippen LogP contribution < -0.4 is 4.72 Å². The number of hydrogen-bond acceptors (Lipinski definition) is 4. The molecule has 0 aliphatic heterocycles. The minimum Gasteiger partial charge on any atom is -0.332 e. The second-order valence-corrected chi connectivity index (χ2v) is 7.38. The normalized spacial score (nSPS) is 19.3. The van der Waals surface area contributed by atoms with E-state index in [0.29, 0.717) is 5.82 Å². The van der Waals surface area contributed by atoms with Gasteiger partial charge in [0.15, 0.2) is 5.03 Å². The molecule has 2 aromatic heterocycles. The second-order valence-electron chi connectivity index (χ2n) is 4.70. The Morgan fingerprint density at radius 3 is 3.11 bits per heavy atom. The van der Waals surface area contributed by atoms with Crippen molar-refractivity contribution in [1.29, 1.82) is 0 Å². The van der Waals surface area contributed by atoms with E-state index < -0.39 is 10.0 Å². The molecule has 0 saturated heterocycles. The lowest BCUT2D eigenvalue weighted by atomic mass is 9.95. The number of thiophene rings is 1. The highest BCUT2D eigenvalue weighted by molar-refractivity contribution is 7.89. The lowest BCUT2D eigenvalue weighted by Gasteiger charge is -2.23. The molecular weight excluding hydrogens is 282 g/mol. The van der Waals surface area contributed by atoms with Crippen molar-refractivity contribution in [3.05, 3.63) is 33.9 Å². The number of aryl methyl sites for hydroxylation is 2. The van der Waals surface area contributed by atoms with Gasteiger partial charge in [-0.25, -0.2) is 18.1 Å². The molecule has 2 aromatic rings. The van der Waals surface area contributed by atoms with Crippen molar-refractivity contribution in [1.82, 2.24) is 14.7 Å². The summed E-state index contributed by atoms with van der Waals surface area (Å²) < 4.78 is 27.3. The fraction of sp³-hybridized carbons (Fsp3) is 0.417. The highest BCUT2D eigenvalue weighted by Crippen LogP contribution is 2.34. The fourth-order valence-corrected chi connectivity index (χ4v) is 4.60. The van der Waals surface area contributed by atoms with Crippen LogP contribution >= 0.6 is 11.3 Å². The molecule has 0 aromatic carbocycles. The number of fused-ring (bicyclic) bond motifs is 1. The molecule has 3 rings (SSSR count). The molecule has 0 fully saturated rings. The van der Waals surface area contributed by atoms with Gasteiger partial charge in [-0.3, -0.25) is 0 Å². The topological polar surface area (TPSA) is 74.8 Å². The number of nitrogens with one attached hydrogen (secondary N) is 2. The Hall–Kier alpha value is -1.18. The van der Waals surface area contributed by atoms with E-state index in [1.807, 2.05) is 11.4 Å². The number of rotatable bonds is 3. The zero-order chi connectivity index (χ0) is 13.5. The first-order valence-corrected chi connectivity index (χ1v) is 8.53. The van der Waals surface area contributed by atoms with Gasteiger partial charge in [0.1, 0.15) is 5.82 Å². The van der Waals surface area contributed by atoms with Crippen molar-refractivity contribution in [2.45, 2.75) is 37.3 Å². The van der Waals surface area contributed by atoms with Crippen molar-refractivity contribution in [3.63, 3.8) is 0 Å². The van der Waals surface area contributed by atoms with Crippen LogP contribution in [0.1, 0.15) is 35.1 Å². The highest BCUT2D eigenvalue weighted by atomic mass is 32.2. The van der Waals surface area contributed by atoms with Crippen LogP contribution in [0.4, 0.5) is 0 Å². The van der Waals surface area contributed by atoms with Gasteiger partial charge in [-0.1, -0.05) is 0 Å². The number of aromatic nitrogens is 2. The first kappa shape index (κ1) is 12.8. The maximum absolute atomic E-state index is 12.3. The Morgan fingerprint density at radius 1 is 1.53 bits per heavy atom. The number of sulfonamides is 1. The smallest absolute Gasteiger partial charge is 0.258 e. The minimum absolute atomic E-state index is 0.122. The van der Waals surface area contributed by atoms with E-state index >= 15 is 0 Å². The Labute approximate surface area is 116 Å². The van der Waals surface area contributed by atoms with Crippen molar-refractivity contribution < 1.29 is 8.42 Å². The molecule has 19 heavy (non-hydrogen) atoms. The summed E-state index contributed by atoms with van der Waals surface area (Å²) in [6.45, 7) is 1.73. The molecule has 102 valence electrons. The summed E-state index contributed by atoms with van der Waals surface area (Å²) in [5, 5.41) is 2.16. The summed E-state index contributed by atoms with van der Waals surface area (Å²) in [6.07, 6.45) is 4.27. The van der Waals surface area contributed by atoms with Gasteiger partial charge in [-0.2, -0.15) is 0 Å². The maximum Gasteiger partial charge on any atom is 0.258 e.